The summed E-state index contributed by atoms with van der Waals surface area (Å²) in [6, 6.07) is 5.90. The summed E-state index contributed by atoms with van der Waals surface area (Å²) in [5.41, 5.74) is 0.593. The van der Waals surface area contributed by atoms with Crippen molar-refractivity contribution in [3.8, 4) is 11.4 Å². The van der Waals surface area contributed by atoms with E-state index in [-0.39, 0.29) is 0 Å². The maximum absolute atomic E-state index is 12.5. The van der Waals surface area contributed by atoms with Crippen molar-refractivity contribution >= 4 is 23.2 Å². The Morgan fingerprint density at radius 3 is 2.46 bits per heavy atom. The highest BCUT2D eigenvalue weighted by atomic mass is 35.5. The van der Waals surface area contributed by atoms with Gasteiger partial charge in [0, 0.05) is 37.2 Å². The summed E-state index contributed by atoms with van der Waals surface area (Å²) in [6.45, 7) is 2.60. The first-order valence-electron chi connectivity index (χ1n) is 8.30. The number of aromatic nitrogens is 4. The second kappa shape index (κ2) is 8.39. The molecule has 0 aromatic carbocycles. The molecular formula is C18H16ClF3N6. The van der Waals surface area contributed by atoms with Crippen molar-refractivity contribution < 1.29 is 13.2 Å². The quantitative estimate of drug-likeness (QED) is 0.587. The Morgan fingerprint density at radius 1 is 1.04 bits per heavy atom. The number of rotatable bonds is 6. The van der Waals surface area contributed by atoms with Gasteiger partial charge in [-0.25, -0.2) is 15.0 Å². The van der Waals surface area contributed by atoms with E-state index >= 15 is 0 Å². The molecule has 0 amide bonds. The van der Waals surface area contributed by atoms with Crippen molar-refractivity contribution in [2.24, 2.45) is 0 Å². The van der Waals surface area contributed by atoms with E-state index in [9.17, 15) is 13.2 Å². The molecular weight excluding hydrogens is 393 g/mol. The summed E-state index contributed by atoms with van der Waals surface area (Å²) in [6.07, 6.45) is -0.294. The van der Waals surface area contributed by atoms with E-state index in [4.69, 9.17) is 11.6 Å². The van der Waals surface area contributed by atoms with Crippen LogP contribution in [0.3, 0.4) is 0 Å². The Labute approximate surface area is 164 Å². The molecule has 0 spiro atoms. The van der Waals surface area contributed by atoms with Crippen LogP contribution in [-0.4, -0.2) is 33.0 Å². The van der Waals surface area contributed by atoms with Gasteiger partial charge in [-0.3, -0.25) is 4.98 Å². The molecule has 3 heterocycles. The molecule has 0 saturated heterocycles. The van der Waals surface area contributed by atoms with E-state index in [1.165, 1.54) is 6.07 Å². The van der Waals surface area contributed by atoms with E-state index in [1.54, 1.807) is 25.4 Å². The molecule has 0 unspecified atom stereocenters. The van der Waals surface area contributed by atoms with Crippen LogP contribution in [0.4, 0.5) is 24.8 Å². The fourth-order valence-corrected chi connectivity index (χ4v) is 2.49. The van der Waals surface area contributed by atoms with Gasteiger partial charge < -0.3 is 10.6 Å². The van der Waals surface area contributed by atoms with Gasteiger partial charge in [0.1, 0.15) is 16.7 Å². The van der Waals surface area contributed by atoms with Crippen LogP contribution < -0.4 is 10.6 Å². The van der Waals surface area contributed by atoms with E-state index in [1.807, 2.05) is 6.07 Å². The number of aryl methyl sites for hydroxylation is 1. The lowest BCUT2D eigenvalue weighted by Crippen LogP contribution is -2.16. The third-order valence-electron chi connectivity index (χ3n) is 3.75. The summed E-state index contributed by atoms with van der Waals surface area (Å²) in [7, 11) is 0. The van der Waals surface area contributed by atoms with Crippen molar-refractivity contribution in [1.82, 2.24) is 19.9 Å². The number of hydrogen-bond acceptors (Lipinski definition) is 6. The molecule has 146 valence electrons. The zero-order valence-corrected chi connectivity index (χ0v) is 15.5. The second-order valence-corrected chi connectivity index (χ2v) is 6.20. The maximum Gasteiger partial charge on any atom is 0.417 e. The molecule has 10 heteroatoms. The predicted octanol–water partition coefficient (Wildman–Crippen LogP) is 4.44. The van der Waals surface area contributed by atoms with E-state index in [0.717, 1.165) is 17.8 Å². The van der Waals surface area contributed by atoms with E-state index < -0.39 is 11.7 Å². The lowest BCUT2D eigenvalue weighted by molar-refractivity contribution is -0.137. The Hall–Kier alpha value is -2.94. The largest absolute Gasteiger partial charge is 0.417 e. The predicted molar refractivity (Wildman–Crippen MR) is 101 cm³/mol. The van der Waals surface area contributed by atoms with E-state index in [2.05, 4.69) is 30.6 Å². The third-order valence-corrected chi connectivity index (χ3v) is 4.20. The van der Waals surface area contributed by atoms with Crippen molar-refractivity contribution in [3.05, 3.63) is 59.1 Å². The summed E-state index contributed by atoms with van der Waals surface area (Å²) in [4.78, 5) is 16.6. The van der Waals surface area contributed by atoms with Crippen molar-refractivity contribution in [2.45, 2.75) is 13.1 Å². The Kier molecular flexibility index (Phi) is 5.93. The number of halogens is 4. The molecule has 3 aromatic heterocycles. The van der Waals surface area contributed by atoms with Gasteiger partial charge in [0.05, 0.1) is 11.3 Å². The number of alkyl halides is 3. The van der Waals surface area contributed by atoms with Crippen LogP contribution in [0.2, 0.25) is 5.02 Å². The number of nitrogens with zero attached hydrogens (tertiary/aromatic N) is 4. The van der Waals surface area contributed by atoms with Gasteiger partial charge in [0.25, 0.3) is 0 Å². The molecule has 28 heavy (non-hydrogen) atoms. The molecule has 2 N–H and O–H groups in total. The topological polar surface area (TPSA) is 75.6 Å². The summed E-state index contributed by atoms with van der Waals surface area (Å²) in [5, 5.41) is 6.44. The maximum atomic E-state index is 12.5. The Morgan fingerprint density at radius 2 is 1.82 bits per heavy atom. The average molecular weight is 409 g/mol. The first kappa shape index (κ1) is 19.8. The number of hydrogen-bond donors (Lipinski definition) is 2. The third kappa shape index (κ3) is 4.86. The zero-order chi connectivity index (χ0) is 20.1. The molecule has 6 nitrogen and oxygen atoms in total. The molecule has 0 aliphatic heterocycles. The molecule has 3 aromatic rings. The van der Waals surface area contributed by atoms with Gasteiger partial charge in [-0.15, -0.1) is 0 Å². The van der Waals surface area contributed by atoms with Crippen LogP contribution in [0.15, 0.2) is 42.9 Å². The van der Waals surface area contributed by atoms with Gasteiger partial charge >= 0.3 is 6.18 Å². The molecule has 0 saturated carbocycles. The van der Waals surface area contributed by atoms with Crippen molar-refractivity contribution in [3.63, 3.8) is 0 Å². The fourth-order valence-electron chi connectivity index (χ4n) is 2.34. The van der Waals surface area contributed by atoms with Crippen molar-refractivity contribution in [1.29, 1.82) is 0 Å². The molecule has 0 aliphatic rings. The van der Waals surface area contributed by atoms with Gasteiger partial charge in [0.15, 0.2) is 5.82 Å². The summed E-state index contributed by atoms with van der Waals surface area (Å²) < 4.78 is 37.6. The highest BCUT2D eigenvalue weighted by Crippen LogP contribution is 2.29. The molecule has 0 bridgehead atoms. The highest BCUT2D eigenvalue weighted by Gasteiger charge is 2.30. The number of pyridine rings is 2. The molecule has 0 atom stereocenters. The average Bonchev–Trinajstić information content (AvgIpc) is 2.68. The monoisotopic (exact) mass is 408 g/mol. The van der Waals surface area contributed by atoms with Crippen LogP contribution >= 0.6 is 11.6 Å². The molecule has 0 radical (unpaired) electrons. The summed E-state index contributed by atoms with van der Waals surface area (Å²) in [5.74, 6) is 1.31. The first-order chi connectivity index (χ1) is 13.3. The van der Waals surface area contributed by atoms with Crippen LogP contribution in [0.1, 0.15) is 11.3 Å². The lowest BCUT2D eigenvalue weighted by Gasteiger charge is -2.12. The van der Waals surface area contributed by atoms with E-state index in [0.29, 0.717) is 41.3 Å². The van der Waals surface area contributed by atoms with Crippen molar-refractivity contribution in [2.75, 3.05) is 23.7 Å². The normalized spacial score (nSPS) is 11.3. The van der Waals surface area contributed by atoms with Crippen LogP contribution in [0.5, 0.6) is 0 Å². The minimum atomic E-state index is -4.40. The fraction of sp³-hybridized carbons (Fsp3) is 0.222. The highest BCUT2D eigenvalue weighted by molar-refractivity contribution is 6.33. The Bertz CT molecular complexity index is 933. The molecule has 3 rings (SSSR count). The molecule has 0 aliphatic carbocycles. The van der Waals surface area contributed by atoms with Crippen LogP contribution in [-0.2, 0) is 6.18 Å². The summed E-state index contributed by atoms with van der Waals surface area (Å²) >= 11 is 6.27. The minimum absolute atomic E-state index is 0.343. The van der Waals surface area contributed by atoms with Crippen LogP contribution in [0, 0.1) is 6.92 Å². The Balaban J connectivity index is 1.61. The van der Waals surface area contributed by atoms with Gasteiger partial charge in [-0.05, 0) is 31.2 Å². The van der Waals surface area contributed by atoms with Gasteiger partial charge in [-0.2, -0.15) is 13.2 Å². The second-order valence-electron chi connectivity index (χ2n) is 5.82. The van der Waals surface area contributed by atoms with Gasteiger partial charge in [-0.1, -0.05) is 11.6 Å². The zero-order valence-electron chi connectivity index (χ0n) is 14.8. The lowest BCUT2D eigenvalue weighted by atomic mass is 10.2. The SMILES string of the molecule is Cc1nc(-c2cccnc2)nc(NCCNc2ccc(C(F)(F)F)cn2)c1Cl. The number of anilines is 2. The molecule has 0 fully saturated rings. The minimum Gasteiger partial charge on any atom is -0.368 e. The van der Waals surface area contributed by atoms with Gasteiger partial charge in [0.2, 0.25) is 0 Å². The van der Waals surface area contributed by atoms with Crippen LogP contribution in [0.25, 0.3) is 11.4 Å². The standard InChI is InChI=1S/C18H16ClF3N6/c1-11-15(19)17(28-16(27-11)12-3-2-6-23-9-12)25-8-7-24-14-5-4-13(10-26-14)18(20,21)22/h2-6,9-10H,7-8H2,1H3,(H,24,26)(H,25,27,28). The first-order valence-corrected chi connectivity index (χ1v) is 8.68. The smallest absolute Gasteiger partial charge is 0.368 e. The number of nitrogens with one attached hydrogen (secondary N) is 2.